The molecule has 0 aliphatic carbocycles. The summed E-state index contributed by atoms with van der Waals surface area (Å²) in [6.07, 6.45) is 0. The highest BCUT2D eigenvalue weighted by atomic mass is 79.9. The fourth-order valence-corrected chi connectivity index (χ4v) is 3.14. The van der Waals surface area contributed by atoms with E-state index in [1.54, 1.807) is 12.1 Å². The van der Waals surface area contributed by atoms with E-state index < -0.39 is 0 Å². The molecule has 0 bridgehead atoms. The van der Waals surface area contributed by atoms with Crippen LogP contribution in [0.1, 0.15) is 17.2 Å². The van der Waals surface area contributed by atoms with Gasteiger partial charge in [-0.25, -0.2) is 0 Å². The van der Waals surface area contributed by atoms with E-state index in [9.17, 15) is 0 Å². The summed E-state index contributed by atoms with van der Waals surface area (Å²) in [4.78, 5) is 0. The first-order valence-corrected chi connectivity index (χ1v) is 7.52. The second kappa shape index (κ2) is 6.47. The Bertz CT molecular complexity index is 601. The normalized spacial score (nSPS) is 12.5. The van der Waals surface area contributed by atoms with Crippen molar-refractivity contribution in [2.45, 2.75) is 6.04 Å². The van der Waals surface area contributed by atoms with Gasteiger partial charge < -0.3 is 5.32 Å². The fourth-order valence-electron chi connectivity index (χ4n) is 1.95. The quantitative estimate of drug-likeness (QED) is 0.719. The van der Waals surface area contributed by atoms with Crippen LogP contribution in [0.5, 0.6) is 0 Å². The standard InChI is InChI=1S/C14H11BrCl3N/c1-19-14(10-4-2-8(15)6-13(10)18)11-7-9(16)3-5-12(11)17/h2-7,14,19H,1H3. The highest BCUT2D eigenvalue weighted by Crippen LogP contribution is 2.34. The third kappa shape index (κ3) is 3.45. The van der Waals surface area contributed by atoms with E-state index in [1.165, 1.54) is 0 Å². The van der Waals surface area contributed by atoms with Crippen molar-refractivity contribution in [1.82, 2.24) is 5.32 Å². The molecule has 5 heteroatoms. The Morgan fingerprint density at radius 3 is 2.32 bits per heavy atom. The molecule has 0 radical (unpaired) electrons. The highest BCUT2D eigenvalue weighted by molar-refractivity contribution is 9.10. The van der Waals surface area contributed by atoms with Gasteiger partial charge in [-0.15, -0.1) is 0 Å². The van der Waals surface area contributed by atoms with Crippen molar-refractivity contribution in [2.75, 3.05) is 7.05 Å². The molecule has 1 atom stereocenters. The Kier molecular flexibility index (Phi) is 5.15. The van der Waals surface area contributed by atoms with Gasteiger partial charge in [0.2, 0.25) is 0 Å². The van der Waals surface area contributed by atoms with E-state index in [0.29, 0.717) is 15.1 Å². The number of halogens is 4. The van der Waals surface area contributed by atoms with E-state index in [0.717, 1.165) is 15.6 Å². The summed E-state index contributed by atoms with van der Waals surface area (Å²) in [6.45, 7) is 0. The van der Waals surface area contributed by atoms with Crippen LogP contribution in [0.15, 0.2) is 40.9 Å². The van der Waals surface area contributed by atoms with Crippen molar-refractivity contribution in [3.8, 4) is 0 Å². The second-order valence-corrected chi connectivity index (χ2v) is 6.22. The van der Waals surface area contributed by atoms with Gasteiger partial charge in [-0.3, -0.25) is 0 Å². The van der Waals surface area contributed by atoms with Gasteiger partial charge in [0.15, 0.2) is 0 Å². The minimum atomic E-state index is -0.105. The highest BCUT2D eigenvalue weighted by Gasteiger charge is 2.18. The molecule has 0 aliphatic heterocycles. The molecule has 1 nitrogen and oxygen atoms in total. The first kappa shape index (κ1) is 15.1. The molecule has 0 spiro atoms. The van der Waals surface area contributed by atoms with Crippen LogP contribution in [0.25, 0.3) is 0 Å². The molecule has 0 fully saturated rings. The van der Waals surface area contributed by atoms with Crippen LogP contribution in [-0.4, -0.2) is 7.05 Å². The fraction of sp³-hybridized carbons (Fsp3) is 0.143. The Morgan fingerprint density at radius 2 is 1.68 bits per heavy atom. The maximum Gasteiger partial charge on any atom is 0.0604 e. The predicted molar refractivity (Wildman–Crippen MR) is 86.5 cm³/mol. The van der Waals surface area contributed by atoms with E-state index in [2.05, 4.69) is 21.2 Å². The van der Waals surface area contributed by atoms with E-state index in [1.807, 2.05) is 31.3 Å². The van der Waals surface area contributed by atoms with E-state index >= 15 is 0 Å². The summed E-state index contributed by atoms with van der Waals surface area (Å²) in [6, 6.07) is 11.1. The van der Waals surface area contributed by atoms with Crippen molar-refractivity contribution >= 4 is 50.7 Å². The molecular weight excluding hydrogens is 368 g/mol. The van der Waals surface area contributed by atoms with Gasteiger partial charge in [0, 0.05) is 19.5 Å². The van der Waals surface area contributed by atoms with Crippen molar-refractivity contribution in [3.63, 3.8) is 0 Å². The molecule has 0 aliphatic rings. The van der Waals surface area contributed by atoms with Gasteiger partial charge in [-0.2, -0.15) is 0 Å². The third-order valence-corrected chi connectivity index (χ3v) is 4.23. The van der Waals surface area contributed by atoms with E-state index in [4.69, 9.17) is 34.8 Å². The molecule has 0 heterocycles. The van der Waals surface area contributed by atoms with Gasteiger partial charge in [0.25, 0.3) is 0 Å². The summed E-state index contributed by atoms with van der Waals surface area (Å²) >= 11 is 22.0. The Labute approximate surface area is 136 Å². The predicted octanol–water partition coefficient (Wildman–Crippen LogP) is 5.72. The lowest BCUT2D eigenvalue weighted by Gasteiger charge is -2.20. The molecule has 1 unspecified atom stereocenters. The third-order valence-electron chi connectivity index (χ3n) is 2.83. The lowest BCUT2D eigenvalue weighted by atomic mass is 9.99. The topological polar surface area (TPSA) is 12.0 Å². The Hall–Kier alpha value is -0.250. The van der Waals surface area contributed by atoms with Gasteiger partial charge in [-0.05, 0) is 48.5 Å². The van der Waals surface area contributed by atoms with Gasteiger partial charge in [-0.1, -0.05) is 56.8 Å². The largest absolute Gasteiger partial charge is 0.309 e. The number of hydrogen-bond acceptors (Lipinski definition) is 1. The average Bonchev–Trinajstić information content (AvgIpc) is 2.36. The Morgan fingerprint density at radius 1 is 0.947 bits per heavy atom. The smallest absolute Gasteiger partial charge is 0.0604 e. The summed E-state index contributed by atoms with van der Waals surface area (Å²) < 4.78 is 0.938. The second-order valence-electron chi connectivity index (χ2n) is 4.05. The zero-order chi connectivity index (χ0) is 14.0. The minimum absolute atomic E-state index is 0.105. The van der Waals surface area contributed by atoms with Crippen LogP contribution in [0.3, 0.4) is 0 Å². The minimum Gasteiger partial charge on any atom is -0.309 e. The van der Waals surface area contributed by atoms with Gasteiger partial charge in [0.05, 0.1) is 6.04 Å². The van der Waals surface area contributed by atoms with Crippen LogP contribution < -0.4 is 5.32 Å². The first-order chi connectivity index (χ1) is 9.02. The first-order valence-electron chi connectivity index (χ1n) is 5.60. The van der Waals surface area contributed by atoms with Crippen molar-refractivity contribution < 1.29 is 0 Å². The van der Waals surface area contributed by atoms with Crippen molar-refractivity contribution in [1.29, 1.82) is 0 Å². The number of hydrogen-bond donors (Lipinski definition) is 1. The average molecular weight is 380 g/mol. The van der Waals surface area contributed by atoms with Gasteiger partial charge in [0.1, 0.15) is 0 Å². The maximum absolute atomic E-state index is 6.30. The van der Waals surface area contributed by atoms with Crippen LogP contribution in [0.4, 0.5) is 0 Å². The molecule has 2 rings (SSSR count). The number of rotatable bonds is 3. The molecule has 19 heavy (non-hydrogen) atoms. The molecule has 0 saturated carbocycles. The molecule has 100 valence electrons. The van der Waals surface area contributed by atoms with Crippen molar-refractivity contribution in [3.05, 3.63) is 67.1 Å². The van der Waals surface area contributed by atoms with Crippen LogP contribution in [-0.2, 0) is 0 Å². The van der Waals surface area contributed by atoms with Crippen molar-refractivity contribution in [2.24, 2.45) is 0 Å². The summed E-state index contributed by atoms with van der Waals surface area (Å²) in [5.41, 5.74) is 1.86. The molecule has 0 saturated heterocycles. The van der Waals surface area contributed by atoms with Crippen LogP contribution in [0, 0.1) is 0 Å². The zero-order valence-corrected chi connectivity index (χ0v) is 13.9. The summed E-state index contributed by atoms with van der Waals surface area (Å²) in [5, 5.41) is 5.19. The maximum atomic E-state index is 6.30. The molecule has 0 aromatic heterocycles. The molecule has 1 N–H and O–H groups in total. The molecule has 2 aromatic rings. The summed E-state index contributed by atoms with van der Waals surface area (Å²) in [7, 11) is 1.86. The molecule has 2 aromatic carbocycles. The number of nitrogens with one attached hydrogen (secondary N) is 1. The van der Waals surface area contributed by atoms with Crippen LogP contribution >= 0.6 is 50.7 Å². The zero-order valence-electron chi connectivity index (χ0n) is 10.1. The SMILES string of the molecule is CNC(c1ccc(Br)cc1Cl)c1cc(Cl)ccc1Cl. The summed E-state index contributed by atoms with van der Waals surface area (Å²) in [5.74, 6) is 0. The molecule has 0 amide bonds. The number of benzene rings is 2. The van der Waals surface area contributed by atoms with E-state index in [-0.39, 0.29) is 6.04 Å². The monoisotopic (exact) mass is 377 g/mol. The molecular formula is C14H11BrCl3N. The Balaban J connectivity index is 2.52. The van der Waals surface area contributed by atoms with Crippen LogP contribution in [0.2, 0.25) is 15.1 Å². The lowest BCUT2D eigenvalue weighted by Crippen LogP contribution is -2.18. The lowest BCUT2D eigenvalue weighted by molar-refractivity contribution is 0.692. The van der Waals surface area contributed by atoms with Gasteiger partial charge >= 0.3 is 0 Å².